The van der Waals surface area contributed by atoms with Crippen molar-refractivity contribution in [2.75, 3.05) is 5.32 Å². The highest BCUT2D eigenvalue weighted by atomic mass is 79.9. The fraction of sp³-hybridized carbons (Fsp3) is 0.0625. The number of nitrogens with zero attached hydrogens (tertiary/aromatic N) is 1. The van der Waals surface area contributed by atoms with E-state index in [0.717, 1.165) is 10.0 Å². The van der Waals surface area contributed by atoms with Crippen LogP contribution in [0.25, 0.3) is 0 Å². The van der Waals surface area contributed by atoms with E-state index in [1.807, 2.05) is 24.3 Å². The third kappa shape index (κ3) is 6.22. The number of carbonyl (C=O) groups excluding carboxylic acids is 2. The van der Waals surface area contributed by atoms with Gasteiger partial charge >= 0.3 is 0 Å². The van der Waals surface area contributed by atoms with Crippen molar-refractivity contribution in [2.24, 2.45) is 5.10 Å². The second-order valence-corrected chi connectivity index (χ2v) is 5.94. The molecule has 0 saturated carbocycles. The van der Waals surface area contributed by atoms with Crippen LogP contribution in [0.15, 0.2) is 58.1 Å². The zero-order valence-corrected chi connectivity index (χ0v) is 14.3. The standard InChI is InChI=1S/C16H13BrClN3O2/c17-12-4-1-3-11(7-12)10-19-21-16(23)9-15(22)20-14-6-2-5-13(18)8-14/h1-8,10H,9H2,(H,20,22)(H,21,23). The van der Waals surface area contributed by atoms with Crippen molar-refractivity contribution in [3.63, 3.8) is 0 Å². The molecule has 0 heterocycles. The summed E-state index contributed by atoms with van der Waals surface area (Å²) in [7, 11) is 0. The minimum absolute atomic E-state index is 0.331. The van der Waals surface area contributed by atoms with Gasteiger partial charge in [-0.1, -0.05) is 45.7 Å². The Balaban J connectivity index is 1.81. The monoisotopic (exact) mass is 393 g/mol. The summed E-state index contributed by atoms with van der Waals surface area (Å²) in [4.78, 5) is 23.4. The third-order valence-corrected chi connectivity index (χ3v) is 3.41. The van der Waals surface area contributed by atoms with Crippen LogP contribution in [-0.4, -0.2) is 18.0 Å². The van der Waals surface area contributed by atoms with Crippen LogP contribution in [0.1, 0.15) is 12.0 Å². The lowest BCUT2D eigenvalue weighted by atomic mass is 10.2. The molecule has 0 aliphatic heterocycles. The van der Waals surface area contributed by atoms with Crippen molar-refractivity contribution >= 4 is 51.2 Å². The Bertz CT molecular complexity index is 750. The number of halogens is 2. The van der Waals surface area contributed by atoms with Crippen LogP contribution >= 0.6 is 27.5 Å². The van der Waals surface area contributed by atoms with Gasteiger partial charge < -0.3 is 5.32 Å². The molecule has 0 atom stereocenters. The van der Waals surface area contributed by atoms with Gasteiger partial charge in [-0.15, -0.1) is 0 Å². The summed E-state index contributed by atoms with van der Waals surface area (Å²) in [6.45, 7) is 0. The van der Waals surface area contributed by atoms with Crippen molar-refractivity contribution in [2.45, 2.75) is 6.42 Å². The summed E-state index contributed by atoms with van der Waals surface area (Å²) in [5.74, 6) is -0.946. The molecule has 118 valence electrons. The van der Waals surface area contributed by atoms with E-state index in [9.17, 15) is 9.59 Å². The summed E-state index contributed by atoms with van der Waals surface area (Å²) < 4.78 is 0.911. The average Bonchev–Trinajstić information content (AvgIpc) is 2.47. The maximum atomic E-state index is 11.7. The van der Waals surface area contributed by atoms with Crippen LogP contribution in [0, 0.1) is 0 Å². The highest BCUT2D eigenvalue weighted by Crippen LogP contribution is 2.15. The van der Waals surface area contributed by atoms with Crippen LogP contribution < -0.4 is 10.7 Å². The fourth-order valence-electron chi connectivity index (χ4n) is 1.72. The number of hydrogen-bond acceptors (Lipinski definition) is 3. The van der Waals surface area contributed by atoms with E-state index in [-0.39, 0.29) is 6.42 Å². The van der Waals surface area contributed by atoms with Crippen molar-refractivity contribution in [1.29, 1.82) is 0 Å². The Morgan fingerprint density at radius 1 is 1.13 bits per heavy atom. The lowest BCUT2D eigenvalue weighted by Crippen LogP contribution is -2.24. The number of rotatable bonds is 5. The van der Waals surface area contributed by atoms with Crippen LogP contribution in [0.3, 0.4) is 0 Å². The van der Waals surface area contributed by atoms with Gasteiger partial charge in [0, 0.05) is 15.2 Å². The minimum atomic E-state index is -0.504. The molecule has 0 aliphatic rings. The molecule has 0 aromatic heterocycles. The molecule has 0 saturated heterocycles. The fourth-order valence-corrected chi connectivity index (χ4v) is 2.33. The predicted octanol–water partition coefficient (Wildman–Crippen LogP) is 3.58. The predicted molar refractivity (Wildman–Crippen MR) is 94.6 cm³/mol. The average molecular weight is 395 g/mol. The van der Waals surface area contributed by atoms with E-state index in [4.69, 9.17) is 11.6 Å². The first-order chi connectivity index (χ1) is 11.0. The number of hydrazone groups is 1. The molecule has 5 nitrogen and oxygen atoms in total. The van der Waals surface area contributed by atoms with Crippen molar-refractivity contribution < 1.29 is 9.59 Å². The SMILES string of the molecule is O=C(CC(=O)Nc1cccc(Cl)c1)NN=Cc1cccc(Br)c1. The summed E-state index contributed by atoms with van der Waals surface area (Å²) in [5, 5.41) is 6.90. The molecule has 0 fully saturated rings. The Hall–Kier alpha value is -2.18. The van der Waals surface area contributed by atoms with Crippen LogP contribution in [0.5, 0.6) is 0 Å². The van der Waals surface area contributed by atoms with Crippen molar-refractivity contribution in [1.82, 2.24) is 5.43 Å². The van der Waals surface area contributed by atoms with Gasteiger partial charge in [0.05, 0.1) is 6.21 Å². The molecule has 23 heavy (non-hydrogen) atoms. The smallest absolute Gasteiger partial charge is 0.249 e. The highest BCUT2D eigenvalue weighted by Gasteiger charge is 2.09. The van der Waals surface area contributed by atoms with Gasteiger partial charge in [-0.05, 0) is 35.9 Å². The quantitative estimate of drug-likeness (QED) is 0.462. The lowest BCUT2D eigenvalue weighted by molar-refractivity contribution is -0.126. The molecule has 2 amide bonds. The van der Waals surface area contributed by atoms with E-state index >= 15 is 0 Å². The molecular formula is C16H13BrClN3O2. The molecule has 0 unspecified atom stereocenters. The van der Waals surface area contributed by atoms with Gasteiger partial charge in [-0.3, -0.25) is 9.59 Å². The molecular weight excluding hydrogens is 382 g/mol. The number of carbonyl (C=O) groups is 2. The van der Waals surface area contributed by atoms with E-state index in [1.54, 1.807) is 24.3 Å². The summed E-state index contributed by atoms with van der Waals surface area (Å²) in [5.41, 5.74) is 3.66. The molecule has 2 aromatic carbocycles. The second-order valence-electron chi connectivity index (χ2n) is 4.58. The van der Waals surface area contributed by atoms with Gasteiger partial charge in [-0.25, -0.2) is 5.43 Å². The van der Waals surface area contributed by atoms with E-state index in [0.29, 0.717) is 10.7 Å². The number of benzene rings is 2. The Morgan fingerprint density at radius 3 is 2.65 bits per heavy atom. The minimum Gasteiger partial charge on any atom is -0.326 e. The number of amides is 2. The second kappa shape index (κ2) is 8.45. The summed E-state index contributed by atoms with van der Waals surface area (Å²) in [6.07, 6.45) is 1.17. The lowest BCUT2D eigenvalue weighted by Gasteiger charge is -2.04. The first-order valence-corrected chi connectivity index (χ1v) is 7.83. The summed E-state index contributed by atoms with van der Waals surface area (Å²) in [6, 6.07) is 14.1. The Labute approximate surface area is 146 Å². The zero-order chi connectivity index (χ0) is 16.7. The first kappa shape index (κ1) is 17.2. The van der Waals surface area contributed by atoms with Crippen LogP contribution in [-0.2, 0) is 9.59 Å². The van der Waals surface area contributed by atoms with Gasteiger partial charge in [0.1, 0.15) is 6.42 Å². The summed E-state index contributed by atoms with van der Waals surface area (Å²) >= 11 is 9.16. The highest BCUT2D eigenvalue weighted by molar-refractivity contribution is 9.10. The topological polar surface area (TPSA) is 70.6 Å². The zero-order valence-electron chi connectivity index (χ0n) is 11.9. The van der Waals surface area contributed by atoms with E-state index in [2.05, 4.69) is 31.8 Å². The largest absolute Gasteiger partial charge is 0.326 e. The third-order valence-electron chi connectivity index (χ3n) is 2.68. The van der Waals surface area contributed by atoms with Gasteiger partial charge in [-0.2, -0.15) is 5.10 Å². The molecule has 0 radical (unpaired) electrons. The van der Waals surface area contributed by atoms with Gasteiger partial charge in [0.2, 0.25) is 11.8 Å². The van der Waals surface area contributed by atoms with E-state index < -0.39 is 11.8 Å². The molecule has 2 aromatic rings. The molecule has 2 N–H and O–H groups in total. The maximum absolute atomic E-state index is 11.7. The van der Waals surface area contributed by atoms with Crippen molar-refractivity contribution in [3.8, 4) is 0 Å². The van der Waals surface area contributed by atoms with E-state index in [1.165, 1.54) is 6.21 Å². The molecule has 2 rings (SSSR count). The molecule has 0 aliphatic carbocycles. The Kier molecular flexibility index (Phi) is 6.31. The maximum Gasteiger partial charge on any atom is 0.249 e. The number of hydrogen-bond donors (Lipinski definition) is 2. The number of nitrogens with one attached hydrogen (secondary N) is 2. The normalized spacial score (nSPS) is 10.5. The Morgan fingerprint density at radius 2 is 1.91 bits per heavy atom. The van der Waals surface area contributed by atoms with Gasteiger partial charge in [0.15, 0.2) is 0 Å². The number of anilines is 1. The molecule has 0 bridgehead atoms. The molecule has 7 heteroatoms. The first-order valence-electron chi connectivity index (χ1n) is 6.66. The van der Waals surface area contributed by atoms with Crippen molar-refractivity contribution in [3.05, 3.63) is 63.6 Å². The van der Waals surface area contributed by atoms with Crippen LogP contribution in [0.4, 0.5) is 5.69 Å². The molecule has 0 spiro atoms. The van der Waals surface area contributed by atoms with Gasteiger partial charge in [0.25, 0.3) is 0 Å². The van der Waals surface area contributed by atoms with Crippen LogP contribution in [0.2, 0.25) is 5.02 Å².